The molecule has 0 radical (unpaired) electrons. The Labute approximate surface area is 227 Å². The van der Waals surface area contributed by atoms with Crippen molar-refractivity contribution in [1.82, 2.24) is 0 Å². The Morgan fingerprint density at radius 1 is 0.378 bits per heavy atom. The lowest BCUT2D eigenvalue weighted by atomic mass is 9.92. The van der Waals surface area contributed by atoms with Crippen LogP contribution in [0.4, 0.5) is 0 Å². The van der Waals surface area contributed by atoms with Gasteiger partial charge in [0.1, 0.15) is 0 Å². The van der Waals surface area contributed by atoms with E-state index in [2.05, 4.69) is 144 Å². The molecular formula is C37H48. The molecule has 0 spiro atoms. The molecule has 0 unspecified atom stereocenters. The number of rotatable bonds is 2. The van der Waals surface area contributed by atoms with E-state index in [4.69, 9.17) is 0 Å². The molecule has 0 amide bonds. The van der Waals surface area contributed by atoms with Crippen molar-refractivity contribution in [3.8, 4) is 0 Å². The zero-order valence-corrected chi connectivity index (χ0v) is 25.5. The molecule has 4 aromatic rings. The van der Waals surface area contributed by atoms with Crippen LogP contribution in [0.1, 0.15) is 77.9 Å². The summed E-state index contributed by atoms with van der Waals surface area (Å²) in [5.41, 5.74) is 19.6. The van der Waals surface area contributed by atoms with Crippen molar-refractivity contribution in [1.29, 1.82) is 0 Å². The molecule has 0 aromatic heterocycles. The van der Waals surface area contributed by atoms with Gasteiger partial charge in [0.05, 0.1) is 0 Å². The molecule has 0 aliphatic rings. The van der Waals surface area contributed by atoms with E-state index in [-0.39, 0.29) is 0 Å². The molecule has 0 N–H and O–H groups in total. The van der Waals surface area contributed by atoms with Crippen LogP contribution in [0.3, 0.4) is 0 Å². The standard InChI is InChI=1S/C19H24.2C9H12/c1-12-7-8-19(17(6)16(12)5)11-18-9-13(2)15(4)14(3)10-18;1-7-4-5-8(2)9(3)6-7;1-7-5-4-6-8(2)9(7)3/h7-10H,11H2,1-6H3;2*4-6H,1-3H3. The first-order valence-electron chi connectivity index (χ1n) is 13.5. The molecule has 0 atom stereocenters. The summed E-state index contributed by atoms with van der Waals surface area (Å²) >= 11 is 0. The summed E-state index contributed by atoms with van der Waals surface area (Å²) in [5.74, 6) is 0. The van der Waals surface area contributed by atoms with E-state index in [1.165, 1.54) is 77.9 Å². The van der Waals surface area contributed by atoms with Gasteiger partial charge < -0.3 is 0 Å². The molecule has 37 heavy (non-hydrogen) atoms. The Bertz CT molecular complexity index is 1310. The molecule has 4 aromatic carbocycles. The second kappa shape index (κ2) is 13.4. The largest absolute Gasteiger partial charge is 0.0617 e. The quantitative estimate of drug-likeness (QED) is 0.261. The fraction of sp³-hybridized carbons (Fsp3) is 0.351. The van der Waals surface area contributed by atoms with E-state index < -0.39 is 0 Å². The van der Waals surface area contributed by atoms with Crippen molar-refractivity contribution in [2.45, 2.75) is 89.5 Å². The van der Waals surface area contributed by atoms with Crippen molar-refractivity contribution >= 4 is 0 Å². The summed E-state index contributed by atoms with van der Waals surface area (Å²) in [6, 6.07) is 22.1. The number of hydrogen-bond donors (Lipinski definition) is 0. The minimum Gasteiger partial charge on any atom is -0.0617 e. The van der Waals surface area contributed by atoms with Crippen molar-refractivity contribution in [3.05, 3.63) is 139 Å². The zero-order chi connectivity index (χ0) is 27.9. The van der Waals surface area contributed by atoms with Gasteiger partial charge in [-0.3, -0.25) is 0 Å². The fourth-order valence-corrected chi connectivity index (χ4v) is 4.44. The second-order valence-electron chi connectivity index (χ2n) is 10.9. The van der Waals surface area contributed by atoms with Crippen LogP contribution in [0.25, 0.3) is 0 Å². The van der Waals surface area contributed by atoms with Gasteiger partial charge in [0.2, 0.25) is 0 Å². The molecule has 0 bridgehead atoms. The maximum atomic E-state index is 2.33. The third kappa shape index (κ3) is 8.46. The van der Waals surface area contributed by atoms with Crippen molar-refractivity contribution < 1.29 is 0 Å². The van der Waals surface area contributed by atoms with Gasteiger partial charge in [-0.1, -0.05) is 66.2 Å². The normalized spacial score (nSPS) is 10.3. The Morgan fingerprint density at radius 3 is 1.35 bits per heavy atom. The predicted octanol–water partition coefficient (Wildman–Crippen LogP) is 10.4. The van der Waals surface area contributed by atoms with Crippen molar-refractivity contribution in [2.75, 3.05) is 0 Å². The molecule has 0 fully saturated rings. The lowest BCUT2D eigenvalue weighted by Gasteiger charge is -2.13. The highest BCUT2D eigenvalue weighted by Gasteiger charge is 2.07. The summed E-state index contributed by atoms with van der Waals surface area (Å²) in [5, 5.41) is 0. The Hall–Kier alpha value is -3.12. The summed E-state index contributed by atoms with van der Waals surface area (Å²) < 4.78 is 0. The molecule has 0 aliphatic carbocycles. The van der Waals surface area contributed by atoms with E-state index in [0.717, 1.165) is 6.42 Å². The van der Waals surface area contributed by atoms with E-state index in [1.807, 2.05) is 0 Å². The van der Waals surface area contributed by atoms with Crippen LogP contribution < -0.4 is 0 Å². The highest BCUT2D eigenvalue weighted by Crippen LogP contribution is 2.22. The van der Waals surface area contributed by atoms with Crippen LogP contribution >= 0.6 is 0 Å². The lowest BCUT2D eigenvalue weighted by Crippen LogP contribution is -1.98. The number of benzene rings is 4. The summed E-state index contributed by atoms with van der Waals surface area (Å²) in [4.78, 5) is 0. The first-order valence-corrected chi connectivity index (χ1v) is 13.5. The van der Waals surface area contributed by atoms with Gasteiger partial charge in [-0.15, -0.1) is 0 Å². The molecular weight excluding hydrogens is 444 g/mol. The van der Waals surface area contributed by atoms with Crippen LogP contribution in [0.5, 0.6) is 0 Å². The van der Waals surface area contributed by atoms with E-state index in [0.29, 0.717) is 0 Å². The summed E-state index contributed by atoms with van der Waals surface area (Å²) in [6.07, 6.45) is 1.04. The molecule has 0 heterocycles. The topological polar surface area (TPSA) is 0 Å². The van der Waals surface area contributed by atoms with E-state index >= 15 is 0 Å². The monoisotopic (exact) mass is 492 g/mol. The van der Waals surface area contributed by atoms with Crippen LogP contribution in [0, 0.1) is 83.1 Å². The van der Waals surface area contributed by atoms with Gasteiger partial charge in [-0.2, -0.15) is 0 Å². The fourth-order valence-electron chi connectivity index (χ4n) is 4.44. The first-order chi connectivity index (χ1) is 17.3. The Morgan fingerprint density at radius 2 is 0.865 bits per heavy atom. The highest BCUT2D eigenvalue weighted by molar-refractivity contribution is 5.44. The molecule has 4 rings (SSSR count). The maximum absolute atomic E-state index is 2.33. The van der Waals surface area contributed by atoms with Gasteiger partial charge in [0, 0.05) is 0 Å². The smallest absolute Gasteiger partial charge is 0.00228 e. The SMILES string of the molecule is Cc1cc(Cc2ccc(C)c(C)c2C)cc(C)c1C.Cc1ccc(C)c(C)c1.Cc1cccc(C)c1C. The van der Waals surface area contributed by atoms with Gasteiger partial charge in [-0.25, -0.2) is 0 Å². The molecule has 0 heteroatoms. The third-order valence-electron chi connectivity index (χ3n) is 8.09. The van der Waals surface area contributed by atoms with Gasteiger partial charge in [0.15, 0.2) is 0 Å². The van der Waals surface area contributed by atoms with Gasteiger partial charge in [-0.05, 0) is 162 Å². The minimum absolute atomic E-state index is 1.04. The minimum atomic E-state index is 1.04. The number of hydrogen-bond acceptors (Lipinski definition) is 0. The Kier molecular flexibility index (Phi) is 10.9. The lowest BCUT2D eigenvalue weighted by molar-refractivity contribution is 1.10. The van der Waals surface area contributed by atoms with Crippen LogP contribution in [0.15, 0.2) is 60.7 Å². The molecule has 0 saturated heterocycles. The first kappa shape index (κ1) is 30.1. The molecule has 0 aliphatic heterocycles. The Balaban J connectivity index is 0.000000222. The molecule has 196 valence electrons. The van der Waals surface area contributed by atoms with Crippen molar-refractivity contribution in [3.63, 3.8) is 0 Å². The van der Waals surface area contributed by atoms with E-state index in [1.54, 1.807) is 0 Å². The average Bonchev–Trinajstić information content (AvgIpc) is 2.84. The van der Waals surface area contributed by atoms with Crippen LogP contribution in [-0.4, -0.2) is 0 Å². The maximum Gasteiger partial charge on any atom is -0.00228 e. The second-order valence-corrected chi connectivity index (χ2v) is 10.9. The van der Waals surface area contributed by atoms with Crippen LogP contribution in [0.2, 0.25) is 0 Å². The van der Waals surface area contributed by atoms with E-state index in [9.17, 15) is 0 Å². The third-order valence-corrected chi connectivity index (χ3v) is 8.09. The van der Waals surface area contributed by atoms with Crippen LogP contribution in [-0.2, 0) is 6.42 Å². The van der Waals surface area contributed by atoms with Gasteiger partial charge >= 0.3 is 0 Å². The van der Waals surface area contributed by atoms with Gasteiger partial charge in [0.25, 0.3) is 0 Å². The highest BCUT2D eigenvalue weighted by atomic mass is 14.1. The molecule has 0 saturated carbocycles. The summed E-state index contributed by atoms with van der Waals surface area (Å²) in [6.45, 7) is 26.1. The number of aryl methyl sites for hydroxylation is 8. The average molecular weight is 493 g/mol. The van der Waals surface area contributed by atoms with Crippen molar-refractivity contribution in [2.24, 2.45) is 0 Å². The predicted molar refractivity (Wildman–Crippen MR) is 165 cm³/mol. The molecule has 0 nitrogen and oxygen atoms in total. The summed E-state index contributed by atoms with van der Waals surface area (Å²) in [7, 11) is 0. The zero-order valence-electron chi connectivity index (χ0n) is 25.5.